The van der Waals surface area contributed by atoms with Gasteiger partial charge in [-0.25, -0.2) is 4.98 Å². The zero-order valence-electron chi connectivity index (χ0n) is 12.9. The van der Waals surface area contributed by atoms with Crippen LogP contribution in [0.4, 0.5) is 0 Å². The van der Waals surface area contributed by atoms with Crippen molar-refractivity contribution in [3.05, 3.63) is 70.2 Å². The van der Waals surface area contributed by atoms with Crippen molar-refractivity contribution in [2.24, 2.45) is 5.73 Å². The summed E-state index contributed by atoms with van der Waals surface area (Å²) >= 11 is 12.0. The van der Waals surface area contributed by atoms with E-state index in [0.717, 1.165) is 22.0 Å². The lowest BCUT2D eigenvalue weighted by atomic mass is 10.1. The summed E-state index contributed by atoms with van der Waals surface area (Å²) < 4.78 is 1.93. The van der Waals surface area contributed by atoms with Gasteiger partial charge in [0.2, 0.25) is 0 Å². The van der Waals surface area contributed by atoms with Crippen molar-refractivity contribution in [2.45, 2.75) is 6.54 Å². The number of nitrogens with zero attached hydrogens (tertiary/aromatic N) is 3. The maximum atomic E-state index is 11.7. The fourth-order valence-corrected chi connectivity index (χ4v) is 3.26. The summed E-state index contributed by atoms with van der Waals surface area (Å²) in [6.45, 7) is 0.551. The van der Waals surface area contributed by atoms with Crippen LogP contribution in [-0.2, 0) is 6.54 Å². The Balaban J connectivity index is 1.81. The monoisotopic (exact) mass is 370 g/mol. The van der Waals surface area contributed by atoms with E-state index in [1.54, 1.807) is 24.7 Å². The van der Waals surface area contributed by atoms with Gasteiger partial charge in [-0.3, -0.25) is 9.78 Å². The molecule has 1 amide bonds. The van der Waals surface area contributed by atoms with E-state index in [-0.39, 0.29) is 0 Å². The molecule has 0 radical (unpaired) electrons. The van der Waals surface area contributed by atoms with Gasteiger partial charge in [0, 0.05) is 29.7 Å². The van der Waals surface area contributed by atoms with E-state index in [1.807, 2.05) is 28.8 Å². The number of pyridine rings is 2. The van der Waals surface area contributed by atoms with Gasteiger partial charge in [-0.2, -0.15) is 0 Å². The van der Waals surface area contributed by atoms with Crippen molar-refractivity contribution < 1.29 is 4.79 Å². The van der Waals surface area contributed by atoms with Crippen molar-refractivity contribution in [3.63, 3.8) is 0 Å². The molecule has 4 aromatic rings. The van der Waals surface area contributed by atoms with Crippen LogP contribution in [0.25, 0.3) is 21.8 Å². The van der Waals surface area contributed by atoms with Crippen LogP contribution < -0.4 is 5.73 Å². The maximum absolute atomic E-state index is 11.7. The number of primary amides is 1. The summed E-state index contributed by atoms with van der Waals surface area (Å²) in [5.74, 6) is -0.500. The Kier molecular flexibility index (Phi) is 3.82. The highest BCUT2D eigenvalue weighted by atomic mass is 35.5. The molecule has 25 heavy (non-hydrogen) atoms. The molecule has 0 saturated heterocycles. The summed E-state index contributed by atoms with van der Waals surface area (Å²) in [5, 5.41) is 2.56. The Morgan fingerprint density at radius 3 is 2.76 bits per heavy atom. The van der Waals surface area contributed by atoms with Crippen molar-refractivity contribution >= 4 is 50.9 Å². The van der Waals surface area contributed by atoms with Crippen molar-refractivity contribution in [1.82, 2.24) is 14.5 Å². The average molecular weight is 371 g/mol. The van der Waals surface area contributed by atoms with E-state index in [1.165, 1.54) is 0 Å². The largest absolute Gasteiger partial charge is 0.366 e. The van der Waals surface area contributed by atoms with E-state index in [0.29, 0.717) is 27.7 Å². The Labute approximate surface area is 153 Å². The SMILES string of the molecule is NC(=O)c1cn(Cc2ccc3ncc(Cl)cc3c2)c2cnc(Cl)cc12. The second kappa shape index (κ2) is 6.02. The average Bonchev–Trinajstić information content (AvgIpc) is 2.92. The fraction of sp³-hybridized carbons (Fsp3) is 0.0556. The number of amides is 1. The number of carbonyl (C=O) groups excluding carboxylic acids is 1. The summed E-state index contributed by atoms with van der Waals surface area (Å²) in [7, 11) is 0. The minimum Gasteiger partial charge on any atom is -0.366 e. The van der Waals surface area contributed by atoms with Crippen LogP contribution in [0.5, 0.6) is 0 Å². The molecule has 2 N–H and O–H groups in total. The molecule has 0 bridgehead atoms. The standard InChI is InChI=1S/C18H12Cl2N4O/c19-12-4-11-3-10(1-2-15(11)22-6-12)8-24-9-14(18(21)25)13-5-17(20)23-7-16(13)24/h1-7,9H,8H2,(H2,21,25). The highest BCUT2D eigenvalue weighted by Crippen LogP contribution is 2.25. The lowest BCUT2D eigenvalue weighted by Gasteiger charge is -2.07. The molecule has 0 atom stereocenters. The molecule has 1 aromatic carbocycles. The second-order valence-corrected chi connectivity index (χ2v) is 6.56. The number of halogens is 2. The van der Waals surface area contributed by atoms with Gasteiger partial charge in [-0.15, -0.1) is 0 Å². The highest BCUT2D eigenvalue weighted by Gasteiger charge is 2.14. The third-order valence-electron chi connectivity index (χ3n) is 4.06. The normalized spacial score (nSPS) is 11.3. The number of nitrogens with two attached hydrogens (primary N) is 1. The van der Waals surface area contributed by atoms with Crippen molar-refractivity contribution in [3.8, 4) is 0 Å². The number of hydrogen-bond acceptors (Lipinski definition) is 3. The molecule has 4 rings (SSSR count). The molecule has 3 aromatic heterocycles. The lowest BCUT2D eigenvalue weighted by Crippen LogP contribution is -2.10. The first-order valence-electron chi connectivity index (χ1n) is 7.49. The van der Waals surface area contributed by atoms with Gasteiger partial charge in [0.1, 0.15) is 5.15 Å². The molecule has 7 heteroatoms. The molecule has 0 saturated carbocycles. The van der Waals surface area contributed by atoms with Crippen LogP contribution >= 0.6 is 23.2 Å². The van der Waals surface area contributed by atoms with E-state index in [9.17, 15) is 4.79 Å². The van der Waals surface area contributed by atoms with E-state index in [2.05, 4.69) is 9.97 Å². The first-order chi connectivity index (χ1) is 12.0. The first kappa shape index (κ1) is 15.9. The number of rotatable bonds is 3. The molecule has 0 aliphatic rings. The number of hydrogen-bond donors (Lipinski definition) is 1. The van der Waals surface area contributed by atoms with Gasteiger partial charge >= 0.3 is 0 Å². The smallest absolute Gasteiger partial charge is 0.250 e. The van der Waals surface area contributed by atoms with Crippen LogP contribution in [0, 0.1) is 0 Å². The van der Waals surface area contributed by atoms with Crippen LogP contribution in [-0.4, -0.2) is 20.4 Å². The van der Waals surface area contributed by atoms with Crippen molar-refractivity contribution in [1.29, 1.82) is 0 Å². The Bertz CT molecular complexity index is 1140. The van der Waals surface area contributed by atoms with E-state index < -0.39 is 5.91 Å². The second-order valence-electron chi connectivity index (χ2n) is 5.74. The number of carbonyl (C=O) groups is 1. The summed E-state index contributed by atoms with van der Waals surface area (Å²) in [6, 6.07) is 9.47. The molecular formula is C18H12Cl2N4O. The van der Waals surface area contributed by atoms with Gasteiger partial charge in [-0.05, 0) is 29.8 Å². The maximum Gasteiger partial charge on any atom is 0.250 e. The minimum atomic E-state index is -0.500. The highest BCUT2D eigenvalue weighted by molar-refractivity contribution is 6.31. The Morgan fingerprint density at radius 1 is 1.12 bits per heavy atom. The summed E-state index contributed by atoms with van der Waals surface area (Å²) in [6.07, 6.45) is 4.99. The van der Waals surface area contributed by atoms with E-state index >= 15 is 0 Å². The van der Waals surface area contributed by atoms with Crippen molar-refractivity contribution in [2.75, 3.05) is 0 Å². The van der Waals surface area contributed by atoms with Gasteiger partial charge in [0.05, 0.1) is 27.8 Å². The zero-order valence-corrected chi connectivity index (χ0v) is 14.4. The first-order valence-corrected chi connectivity index (χ1v) is 8.25. The Hall–Kier alpha value is -2.63. The molecule has 124 valence electrons. The molecule has 0 spiro atoms. The molecule has 0 aliphatic heterocycles. The molecule has 3 heterocycles. The predicted molar refractivity (Wildman–Crippen MR) is 99.1 cm³/mol. The van der Waals surface area contributed by atoms with Crippen LogP contribution in [0.3, 0.4) is 0 Å². The molecule has 0 unspecified atom stereocenters. The van der Waals surface area contributed by atoms with Gasteiger partial charge in [0.25, 0.3) is 5.91 Å². The summed E-state index contributed by atoms with van der Waals surface area (Å²) in [5.41, 5.74) is 8.62. The van der Waals surface area contributed by atoms with Gasteiger partial charge < -0.3 is 10.3 Å². The molecule has 0 aliphatic carbocycles. The zero-order chi connectivity index (χ0) is 17.6. The van der Waals surface area contributed by atoms with Crippen LogP contribution in [0.2, 0.25) is 10.2 Å². The third-order valence-corrected chi connectivity index (χ3v) is 4.48. The third kappa shape index (κ3) is 2.92. The molecular weight excluding hydrogens is 359 g/mol. The molecule has 0 fully saturated rings. The quantitative estimate of drug-likeness (QED) is 0.553. The van der Waals surface area contributed by atoms with Crippen LogP contribution in [0.15, 0.2) is 48.9 Å². The lowest BCUT2D eigenvalue weighted by molar-refractivity contribution is 0.100. The number of fused-ring (bicyclic) bond motifs is 2. The predicted octanol–water partition coefficient (Wildman–Crippen LogP) is 4.04. The number of aromatic nitrogens is 3. The number of benzene rings is 1. The van der Waals surface area contributed by atoms with Gasteiger partial charge in [-0.1, -0.05) is 29.3 Å². The van der Waals surface area contributed by atoms with Crippen LogP contribution in [0.1, 0.15) is 15.9 Å². The van der Waals surface area contributed by atoms with E-state index in [4.69, 9.17) is 28.9 Å². The Morgan fingerprint density at radius 2 is 1.96 bits per heavy atom. The fourth-order valence-electron chi connectivity index (χ4n) is 2.94. The van der Waals surface area contributed by atoms with Gasteiger partial charge in [0.15, 0.2) is 0 Å². The topological polar surface area (TPSA) is 73.8 Å². The summed E-state index contributed by atoms with van der Waals surface area (Å²) in [4.78, 5) is 20.1. The minimum absolute atomic E-state index is 0.319. The molecule has 5 nitrogen and oxygen atoms in total.